The fourth-order valence-corrected chi connectivity index (χ4v) is 3.77. The number of nitrogens with zero attached hydrogens (tertiary/aromatic N) is 10. The lowest BCUT2D eigenvalue weighted by Crippen LogP contribution is -2.33. The predicted octanol–water partition coefficient (Wildman–Crippen LogP) is -1.32. The monoisotopic (exact) mass is 630 g/mol. The van der Waals surface area contributed by atoms with Crippen LogP contribution in [0.25, 0.3) is 0 Å². The molecule has 0 bridgehead atoms. The van der Waals surface area contributed by atoms with Crippen LogP contribution in [0.5, 0.6) is 0 Å². The van der Waals surface area contributed by atoms with Crippen LogP contribution in [0.4, 0.5) is 5.82 Å². The molecule has 1 aliphatic rings. The first-order valence-electron chi connectivity index (χ1n) is 8.38. The van der Waals surface area contributed by atoms with E-state index in [1.807, 2.05) is 50.6 Å². The number of aromatic nitrogens is 9. The minimum absolute atomic E-state index is 0.381. The zero-order chi connectivity index (χ0) is 20.5. The molecule has 0 aromatic carbocycles. The van der Waals surface area contributed by atoms with Crippen LogP contribution in [0.3, 0.4) is 0 Å². The van der Waals surface area contributed by atoms with E-state index in [9.17, 15) is 15.3 Å². The van der Waals surface area contributed by atoms with E-state index < -0.39 is 31.1 Å². The molecule has 0 amide bonds. The van der Waals surface area contributed by atoms with Gasteiger partial charge in [-0.15, -0.1) is 15.3 Å². The number of aliphatic hydroxyl groups excluding tert-OH is 3. The molecule has 4 rings (SSSR count). The maximum atomic E-state index is 10.2. The van der Waals surface area contributed by atoms with Crippen LogP contribution in [0.15, 0.2) is 18.6 Å². The smallest absolute Gasteiger partial charge is 0.180 e. The van der Waals surface area contributed by atoms with Crippen molar-refractivity contribution in [1.82, 2.24) is 41.4 Å². The fraction of sp³-hybridized carbons (Fsp3) is 0.538. The molecule has 14 nitrogen and oxygen atoms in total. The highest BCUT2D eigenvalue weighted by atomic mass is 127. The Morgan fingerprint density at radius 2 is 1.55 bits per heavy atom. The Labute approximate surface area is 191 Å². The molecule has 4 atom stereocenters. The summed E-state index contributed by atoms with van der Waals surface area (Å²) < 4.78 is 9.96. The average Bonchev–Trinajstić information content (AvgIpc) is 3.46. The van der Waals surface area contributed by atoms with Crippen molar-refractivity contribution in [2.45, 2.75) is 37.6 Å². The summed E-state index contributed by atoms with van der Waals surface area (Å²) in [7, 11) is 0. The molecule has 1 saturated heterocycles. The summed E-state index contributed by atoms with van der Waals surface area (Å²) in [6.07, 6.45) is 0.827. The Kier molecular flexibility index (Phi) is 6.24. The number of aliphatic hydroxyl groups is 3. The second-order valence-electron chi connectivity index (χ2n) is 6.34. The first-order chi connectivity index (χ1) is 13.9. The van der Waals surface area contributed by atoms with Gasteiger partial charge in [0.1, 0.15) is 29.7 Å². The molecule has 156 valence electrons. The van der Waals surface area contributed by atoms with E-state index in [1.54, 1.807) is 24.4 Å². The van der Waals surface area contributed by atoms with E-state index in [-0.39, 0.29) is 0 Å². The van der Waals surface area contributed by atoms with Crippen LogP contribution in [0.2, 0.25) is 0 Å². The summed E-state index contributed by atoms with van der Waals surface area (Å²) in [5.41, 5.74) is 1.42. The van der Waals surface area contributed by atoms with Gasteiger partial charge in [-0.2, -0.15) is 5.79 Å². The minimum atomic E-state index is -1.24. The van der Waals surface area contributed by atoms with Gasteiger partial charge in [-0.25, -0.2) is 4.68 Å². The number of hydrogen-bond acceptors (Lipinski definition) is 11. The van der Waals surface area contributed by atoms with Crippen molar-refractivity contribution in [2.75, 3.05) is 11.5 Å². The average molecular weight is 630 g/mol. The number of hydrogen-bond donors (Lipinski definition) is 3. The Morgan fingerprint density at radius 1 is 0.931 bits per heavy atom. The van der Waals surface area contributed by atoms with Crippen molar-refractivity contribution in [3.63, 3.8) is 0 Å². The maximum absolute atomic E-state index is 10.2. The van der Waals surface area contributed by atoms with Gasteiger partial charge in [-0.05, 0) is 0 Å². The van der Waals surface area contributed by atoms with Crippen LogP contribution < -0.4 is 4.90 Å². The van der Waals surface area contributed by atoms with E-state index in [2.05, 4.69) is 30.9 Å². The molecular formula is C13H16I2N10O4. The van der Waals surface area contributed by atoms with Crippen molar-refractivity contribution in [1.29, 1.82) is 0 Å². The van der Waals surface area contributed by atoms with E-state index in [0.717, 1.165) is 0 Å². The summed E-state index contributed by atoms with van der Waals surface area (Å²) in [6.45, 7) is 0.345. The van der Waals surface area contributed by atoms with Crippen molar-refractivity contribution < 1.29 is 20.1 Å². The standard InChI is InChI=1S/C13H16I2N10O4/c14-24-3-7(16-20-24)1-22(2-8-4-25(15)21-17-8)10-5-23(19-18-10)13-12(28)11(27)9(6-26)29-13/h3-5,9,11-13,26-28H,1-2,6H2/t9-,11?,12?,13-/m1/s1. The molecule has 3 N–H and O–H groups in total. The van der Waals surface area contributed by atoms with Gasteiger partial charge in [0, 0.05) is 0 Å². The van der Waals surface area contributed by atoms with Gasteiger partial charge in [0.2, 0.25) is 0 Å². The van der Waals surface area contributed by atoms with Crippen molar-refractivity contribution in [3.8, 4) is 0 Å². The predicted molar refractivity (Wildman–Crippen MR) is 112 cm³/mol. The highest BCUT2D eigenvalue weighted by Crippen LogP contribution is 2.29. The molecule has 29 heavy (non-hydrogen) atoms. The van der Waals surface area contributed by atoms with Crippen LogP contribution in [0.1, 0.15) is 17.6 Å². The van der Waals surface area contributed by atoms with Gasteiger partial charge in [-0.1, -0.05) is 15.6 Å². The van der Waals surface area contributed by atoms with E-state index >= 15 is 0 Å². The van der Waals surface area contributed by atoms with E-state index in [1.165, 1.54) is 4.68 Å². The zero-order valence-electron chi connectivity index (χ0n) is 14.6. The molecule has 2 unspecified atom stereocenters. The van der Waals surface area contributed by atoms with Gasteiger partial charge in [0.15, 0.2) is 12.0 Å². The SMILES string of the molecule is OC[C@H]1O[C@@H](n2cc(N(Cc3cn(I)nn3)Cc3cn(I)nn3)nn2)C(O)C1O. The van der Waals surface area contributed by atoms with Crippen LogP contribution in [-0.2, 0) is 17.8 Å². The summed E-state index contributed by atoms with van der Waals surface area (Å²) >= 11 is 4.01. The quantitative estimate of drug-likeness (QED) is 0.265. The molecule has 0 spiro atoms. The normalized spacial score (nSPS) is 24.3. The Balaban J connectivity index is 1.57. The highest BCUT2D eigenvalue weighted by Gasteiger charge is 2.44. The van der Waals surface area contributed by atoms with Crippen LogP contribution in [0, 0.1) is 0 Å². The molecule has 3 aromatic heterocycles. The molecule has 1 fully saturated rings. The number of halogens is 2. The molecule has 1 aliphatic heterocycles. The Morgan fingerprint density at radius 3 is 2.03 bits per heavy atom. The fourth-order valence-electron chi connectivity index (χ4n) is 2.94. The third-order valence-electron chi connectivity index (χ3n) is 4.33. The maximum Gasteiger partial charge on any atom is 0.180 e. The van der Waals surface area contributed by atoms with Crippen LogP contribution >= 0.6 is 45.7 Å². The summed E-state index contributed by atoms with van der Waals surface area (Å²) in [5.74, 6) is 0.480. The van der Waals surface area contributed by atoms with Crippen LogP contribution in [-0.4, -0.2) is 81.6 Å². The second kappa shape index (κ2) is 8.71. The summed E-state index contributed by atoms with van der Waals surface area (Å²) in [6, 6.07) is 0. The van der Waals surface area contributed by atoms with E-state index in [4.69, 9.17) is 4.74 Å². The third kappa shape index (κ3) is 4.50. The Bertz CT molecular complexity index is 921. The third-order valence-corrected chi connectivity index (χ3v) is 5.28. The lowest BCUT2D eigenvalue weighted by atomic mass is 10.1. The number of anilines is 1. The zero-order valence-corrected chi connectivity index (χ0v) is 19.0. The molecule has 4 heterocycles. The lowest BCUT2D eigenvalue weighted by molar-refractivity contribution is -0.0594. The number of rotatable bonds is 7. The molecular weight excluding hydrogens is 614 g/mol. The molecule has 3 aromatic rings. The van der Waals surface area contributed by atoms with E-state index in [0.29, 0.717) is 30.3 Å². The van der Waals surface area contributed by atoms with Gasteiger partial charge in [0.25, 0.3) is 0 Å². The van der Waals surface area contributed by atoms with Gasteiger partial charge in [-0.3, -0.25) is 0 Å². The highest BCUT2D eigenvalue weighted by molar-refractivity contribution is 14.1. The molecule has 0 aliphatic carbocycles. The summed E-state index contributed by atoms with van der Waals surface area (Å²) in [4.78, 5) is 1.87. The first kappa shape index (κ1) is 20.8. The largest absolute Gasteiger partial charge is 0.394 e. The van der Waals surface area contributed by atoms with Crippen molar-refractivity contribution in [2.24, 2.45) is 0 Å². The minimum Gasteiger partial charge on any atom is -0.394 e. The molecule has 0 saturated carbocycles. The number of ether oxygens (including phenoxy) is 1. The lowest BCUT2D eigenvalue weighted by Gasteiger charge is -2.19. The van der Waals surface area contributed by atoms with Gasteiger partial charge < -0.3 is 25.0 Å². The Hall–Kier alpha value is -1.48. The van der Waals surface area contributed by atoms with Gasteiger partial charge >= 0.3 is 0 Å². The van der Waals surface area contributed by atoms with Crippen molar-refractivity contribution in [3.05, 3.63) is 30.0 Å². The second-order valence-corrected chi connectivity index (χ2v) is 8.32. The topological polar surface area (TPSA) is 165 Å². The summed E-state index contributed by atoms with van der Waals surface area (Å²) in [5, 5.41) is 53.7. The molecule has 0 radical (unpaired) electrons. The van der Waals surface area contributed by atoms with Crippen molar-refractivity contribution >= 4 is 51.5 Å². The first-order valence-corrected chi connectivity index (χ1v) is 10.3. The van der Waals surface area contributed by atoms with Gasteiger partial charge in [0.05, 0.1) is 84.0 Å². The molecule has 16 heteroatoms.